The van der Waals surface area contributed by atoms with E-state index >= 15 is 0 Å². The standard InChI is InChI=1S/C13H16N4O3S2/c18-22(19,17-4-6-20-7-5-17)16-9-12-13(15-3-2-14-12)11-1-8-21-10-11/h1-3,8,10,16H,4-7,9H2. The molecule has 0 spiro atoms. The summed E-state index contributed by atoms with van der Waals surface area (Å²) in [5.41, 5.74) is 2.25. The van der Waals surface area contributed by atoms with Crippen LogP contribution in [0.4, 0.5) is 0 Å². The van der Waals surface area contributed by atoms with Gasteiger partial charge in [-0.1, -0.05) is 0 Å². The Morgan fingerprint density at radius 1 is 1.27 bits per heavy atom. The summed E-state index contributed by atoms with van der Waals surface area (Å²) in [5, 5.41) is 3.91. The van der Waals surface area contributed by atoms with Gasteiger partial charge in [0.1, 0.15) is 0 Å². The van der Waals surface area contributed by atoms with Crippen LogP contribution in [-0.2, 0) is 21.5 Å². The normalized spacial score (nSPS) is 16.7. The molecule has 3 rings (SSSR count). The van der Waals surface area contributed by atoms with Gasteiger partial charge in [0, 0.05) is 36.4 Å². The smallest absolute Gasteiger partial charge is 0.279 e. The zero-order valence-corrected chi connectivity index (χ0v) is 13.4. The summed E-state index contributed by atoms with van der Waals surface area (Å²) in [6.45, 7) is 1.69. The molecule has 1 N–H and O–H groups in total. The molecule has 1 aliphatic rings. The van der Waals surface area contributed by atoms with E-state index in [0.717, 1.165) is 5.56 Å². The zero-order valence-electron chi connectivity index (χ0n) is 11.8. The van der Waals surface area contributed by atoms with Crippen molar-refractivity contribution in [3.05, 3.63) is 34.9 Å². The van der Waals surface area contributed by atoms with Crippen LogP contribution in [0.2, 0.25) is 0 Å². The second kappa shape index (κ2) is 6.80. The minimum atomic E-state index is -3.53. The van der Waals surface area contributed by atoms with E-state index < -0.39 is 10.2 Å². The summed E-state index contributed by atoms with van der Waals surface area (Å²) in [6.07, 6.45) is 3.17. The molecule has 0 saturated carbocycles. The lowest BCUT2D eigenvalue weighted by Gasteiger charge is -2.26. The second-order valence-corrected chi connectivity index (χ2v) is 7.24. The Hall–Kier alpha value is -1.39. The molecule has 0 bridgehead atoms. The first-order chi connectivity index (χ1) is 10.7. The molecule has 2 aromatic heterocycles. The summed E-state index contributed by atoms with van der Waals surface area (Å²) >= 11 is 1.56. The van der Waals surface area contributed by atoms with Crippen LogP contribution in [-0.4, -0.2) is 49.0 Å². The number of hydrogen-bond acceptors (Lipinski definition) is 6. The van der Waals surface area contributed by atoms with E-state index in [4.69, 9.17) is 4.74 Å². The molecule has 2 aromatic rings. The predicted molar refractivity (Wildman–Crippen MR) is 83.5 cm³/mol. The summed E-state index contributed by atoms with van der Waals surface area (Å²) in [4.78, 5) is 8.56. The summed E-state index contributed by atoms with van der Waals surface area (Å²) in [7, 11) is -3.53. The molecule has 118 valence electrons. The third-order valence-corrected chi connectivity index (χ3v) is 5.54. The highest BCUT2D eigenvalue weighted by atomic mass is 32.2. The molecular formula is C13H16N4O3S2. The average Bonchev–Trinajstić information content (AvgIpc) is 3.08. The Balaban J connectivity index is 1.74. The molecule has 0 radical (unpaired) electrons. The van der Waals surface area contributed by atoms with E-state index in [9.17, 15) is 8.42 Å². The van der Waals surface area contributed by atoms with Crippen molar-refractivity contribution in [2.45, 2.75) is 6.54 Å². The summed E-state index contributed by atoms with van der Waals surface area (Å²) < 4.78 is 33.7. The van der Waals surface area contributed by atoms with Gasteiger partial charge >= 0.3 is 0 Å². The SMILES string of the molecule is O=S(=O)(NCc1nccnc1-c1ccsc1)N1CCOCC1. The van der Waals surface area contributed by atoms with Crippen molar-refractivity contribution in [1.29, 1.82) is 0 Å². The highest BCUT2D eigenvalue weighted by Crippen LogP contribution is 2.22. The van der Waals surface area contributed by atoms with E-state index in [1.807, 2.05) is 16.8 Å². The zero-order chi connectivity index (χ0) is 15.4. The topological polar surface area (TPSA) is 84.4 Å². The van der Waals surface area contributed by atoms with Crippen molar-refractivity contribution in [2.75, 3.05) is 26.3 Å². The highest BCUT2D eigenvalue weighted by Gasteiger charge is 2.24. The van der Waals surface area contributed by atoms with Gasteiger partial charge in [-0.15, -0.1) is 0 Å². The van der Waals surface area contributed by atoms with Gasteiger partial charge in [-0.05, 0) is 11.4 Å². The molecule has 1 aliphatic heterocycles. The molecule has 0 aromatic carbocycles. The fraction of sp³-hybridized carbons (Fsp3) is 0.385. The number of ether oxygens (including phenoxy) is 1. The van der Waals surface area contributed by atoms with Gasteiger partial charge in [0.15, 0.2) is 0 Å². The van der Waals surface area contributed by atoms with E-state index in [0.29, 0.717) is 37.7 Å². The molecule has 1 saturated heterocycles. The molecule has 0 unspecified atom stereocenters. The first kappa shape index (κ1) is 15.5. The monoisotopic (exact) mass is 340 g/mol. The number of morpholine rings is 1. The van der Waals surface area contributed by atoms with Crippen LogP contribution in [0.1, 0.15) is 5.69 Å². The van der Waals surface area contributed by atoms with Crippen molar-refractivity contribution in [2.24, 2.45) is 0 Å². The van der Waals surface area contributed by atoms with E-state index in [2.05, 4.69) is 14.7 Å². The van der Waals surface area contributed by atoms with Crippen LogP contribution in [0.5, 0.6) is 0 Å². The maximum atomic E-state index is 12.3. The fourth-order valence-electron chi connectivity index (χ4n) is 2.17. The third kappa shape index (κ3) is 3.50. The number of nitrogens with one attached hydrogen (secondary N) is 1. The third-order valence-electron chi connectivity index (χ3n) is 3.30. The Kier molecular flexibility index (Phi) is 4.79. The van der Waals surface area contributed by atoms with E-state index in [1.165, 1.54) is 4.31 Å². The lowest BCUT2D eigenvalue weighted by atomic mass is 10.2. The van der Waals surface area contributed by atoms with Gasteiger partial charge < -0.3 is 4.74 Å². The number of thiophene rings is 1. The molecule has 22 heavy (non-hydrogen) atoms. The molecule has 7 nitrogen and oxygen atoms in total. The van der Waals surface area contributed by atoms with Crippen LogP contribution in [0, 0.1) is 0 Å². The molecule has 3 heterocycles. The van der Waals surface area contributed by atoms with Crippen LogP contribution in [0.3, 0.4) is 0 Å². The number of hydrogen-bond donors (Lipinski definition) is 1. The van der Waals surface area contributed by atoms with Crippen molar-refractivity contribution < 1.29 is 13.2 Å². The van der Waals surface area contributed by atoms with Crippen LogP contribution >= 0.6 is 11.3 Å². The highest BCUT2D eigenvalue weighted by molar-refractivity contribution is 7.87. The molecule has 0 amide bonds. The second-order valence-electron chi connectivity index (χ2n) is 4.70. The van der Waals surface area contributed by atoms with E-state index in [1.54, 1.807) is 23.7 Å². The molecule has 0 atom stereocenters. The Morgan fingerprint density at radius 3 is 2.77 bits per heavy atom. The van der Waals surface area contributed by atoms with Gasteiger partial charge in [0.25, 0.3) is 10.2 Å². The minimum Gasteiger partial charge on any atom is -0.379 e. The van der Waals surface area contributed by atoms with Crippen LogP contribution < -0.4 is 4.72 Å². The first-order valence-electron chi connectivity index (χ1n) is 6.82. The minimum absolute atomic E-state index is 0.110. The fourth-order valence-corrected chi connectivity index (χ4v) is 3.95. The molecule has 0 aliphatic carbocycles. The van der Waals surface area contributed by atoms with Gasteiger partial charge in [-0.25, -0.2) is 0 Å². The molecule has 9 heteroatoms. The van der Waals surface area contributed by atoms with Crippen molar-refractivity contribution in [1.82, 2.24) is 19.0 Å². The van der Waals surface area contributed by atoms with Gasteiger partial charge in [0.2, 0.25) is 0 Å². The Labute approximate surface area is 133 Å². The molecular weight excluding hydrogens is 324 g/mol. The van der Waals surface area contributed by atoms with Crippen molar-refractivity contribution in [3.63, 3.8) is 0 Å². The molecule has 1 fully saturated rings. The van der Waals surface area contributed by atoms with Crippen molar-refractivity contribution >= 4 is 21.5 Å². The number of nitrogens with zero attached hydrogens (tertiary/aromatic N) is 3. The van der Waals surface area contributed by atoms with Crippen molar-refractivity contribution in [3.8, 4) is 11.3 Å². The number of aromatic nitrogens is 2. The number of rotatable bonds is 5. The van der Waals surface area contributed by atoms with E-state index in [-0.39, 0.29) is 6.54 Å². The van der Waals surface area contributed by atoms with Gasteiger partial charge in [-0.3, -0.25) is 9.97 Å². The van der Waals surface area contributed by atoms with Crippen LogP contribution in [0.15, 0.2) is 29.2 Å². The van der Waals surface area contributed by atoms with Gasteiger partial charge in [0.05, 0.1) is 31.1 Å². The summed E-state index contributed by atoms with van der Waals surface area (Å²) in [5.74, 6) is 0. The average molecular weight is 340 g/mol. The Morgan fingerprint density at radius 2 is 2.05 bits per heavy atom. The van der Waals surface area contributed by atoms with Crippen LogP contribution in [0.25, 0.3) is 11.3 Å². The van der Waals surface area contributed by atoms with Gasteiger partial charge in [-0.2, -0.15) is 28.8 Å². The lowest BCUT2D eigenvalue weighted by Crippen LogP contribution is -2.46. The maximum Gasteiger partial charge on any atom is 0.279 e. The quantitative estimate of drug-likeness (QED) is 0.873. The maximum absolute atomic E-state index is 12.3. The lowest BCUT2D eigenvalue weighted by molar-refractivity contribution is 0.0724. The predicted octanol–water partition coefficient (Wildman–Crippen LogP) is 0.872. The Bertz CT molecular complexity index is 713. The summed E-state index contributed by atoms with van der Waals surface area (Å²) in [6, 6.07) is 1.94. The first-order valence-corrected chi connectivity index (χ1v) is 9.20. The largest absolute Gasteiger partial charge is 0.379 e.